The van der Waals surface area contributed by atoms with Crippen molar-refractivity contribution in [1.29, 1.82) is 0 Å². The number of H-pyrrole nitrogens is 1. The smallest absolute Gasteiger partial charge is 0.273 e. The van der Waals surface area contributed by atoms with Crippen molar-refractivity contribution in [3.8, 4) is 0 Å². The summed E-state index contributed by atoms with van der Waals surface area (Å²) in [6, 6.07) is 0. The fourth-order valence-electron chi connectivity index (χ4n) is 1.37. The van der Waals surface area contributed by atoms with E-state index in [1.165, 1.54) is 0 Å². The van der Waals surface area contributed by atoms with Crippen LogP contribution in [0.25, 0.3) is 0 Å². The molecule has 2 aromatic heterocycles. The van der Waals surface area contributed by atoms with Crippen molar-refractivity contribution in [2.75, 3.05) is 5.32 Å². The summed E-state index contributed by atoms with van der Waals surface area (Å²) in [5.41, 5.74) is 2.24. The quantitative estimate of drug-likeness (QED) is 0.788. The molecule has 2 heterocycles. The van der Waals surface area contributed by atoms with Gasteiger partial charge in [0.15, 0.2) is 0 Å². The first-order chi connectivity index (χ1) is 8.08. The van der Waals surface area contributed by atoms with Crippen LogP contribution in [-0.4, -0.2) is 25.0 Å². The molecule has 0 amide bonds. The van der Waals surface area contributed by atoms with Crippen molar-refractivity contribution in [3.63, 3.8) is 0 Å². The maximum absolute atomic E-state index is 11.3. The van der Waals surface area contributed by atoms with E-state index < -0.39 is 0 Å². The van der Waals surface area contributed by atoms with Gasteiger partial charge >= 0.3 is 0 Å². The number of nitrogens with zero attached hydrogens (tertiary/aromatic N) is 4. The van der Waals surface area contributed by atoms with Crippen LogP contribution in [0.1, 0.15) is 17.0 Å². The van der Waals surface area contributed by atoms with E-state index in [2.05, 4.69) is 25.6 Å². The number of aromatic amines is 1. The summed E-state index contributed by atoms with van der Waals surface area (Å²) in [7, 11) is 1.88. The maximum Gasteiger partial charge on any atom is 0.273 e. The lowest BCUT2D eigenvalue weighted by atomic mass is 10.2. The zero-order chi connectivity index (χ0) is 12.4. The van der Waals surface area contributed by atoms with Crippen LogP contribution < -0.4 is 10.9 Å². The lowest BCUT2D eigenvalue weighted by Gasteiger charge is -2.04. The molecule has 17 heavy (non-hydrogen) atoms. The van der Waals surface area contributed by atoms with Crippen LogP contribution in [0.5, 0.6) is 0 Å². The SMILES string of the molecule is Cc1nnc(NCc2cnn(C)c2C)[nH]c1=O. The van der Waals surface area contributed by atoms with Crippen LogP contribution in [0, 0.1) is 13.8 Å². The Kier molecular flexibility index (Phi) is 2.90. The van der Waals surface area contributed by atoms with Crippen molar-refractivity contribution in [2.45, 2.75) is 20.4 Å². The Bertz CT molecular complexity index is 585. The Labute approximate surface area is 97.9 Å². The third kappa shape index (κ3) is 2.32. The highest BCUT2D eigenvalue weighted by atomic mass is 16.1. The molecule has 0 radical (unpaired) electrons. The minimum Gasteiger partial charge on any atom is -0.350 e. The van der Waals surface area contributed by atoms with Crippen LogP contribution in [0.15, 0.2) is 11.0 Å². The Morgan fingerprint density at radius 3 is 2.76 bits per heavy atom. The van der Waals surface area contributed by atoms with Gasteiger partial charge in [-0.1, -0.05) is 0 Å². The average Bonchev–Trinajstić information content (AvgIpc) is 2.62. The van der Waals surface area contributed by atoms with E-state index in [0.717, 1.165) is 11.3 Å². The van der Waals surface area contributed by atoms with Crippen LogP contribution in [0.2, 0.25) is 0 Å². The van der Waals surface area contributed by atoms with Crippen LogP contribution in [0.3, 0.4) is 0 Å². The minimum absolute atomic E-state index is 0.231. The third-order valence-electron chi connectivity index (χ3n) is 2.64. The largest absolute Gasteiger partial charge is 0.350 e. The molecule has 2 rings (SSSR count). The Balaban J connectivity index is 2.10. The fraction of sp³-hybridized carbons (Fsp3) is 0.400. The summed E-state index contributed by atoms with van der Waals surface area (Å²) in [6.07, 6.45) is 1.78. The molecule has 0 saturated carbocycles. The molecule has 0 atom stereocenters. The summed E-state index contributed by atoms with van der Waals surface area (Å²) in [5, 5.41) is 14.7. The molecule has 2 N–H and O–H groups in total. The minimum atomic E-state index is -0.231. The summed E-state index contributed by atoms with van der Waals surface area (Å²) >= 11 is 0. The molecule has 0 spiro atoms. The van der Waals surface area contributed by atoms with E-state index in [0.29, 0.717) is 18.2 Å². The molecule has 90 valence electrons. The van der Waals surface area contributed by atoms with Gasteiger partial charge in [-0.2, -0.15) is 5.10 Å². The van der Waals surface area contributed by atoms with E-state index >= 15 is 0 Å². The molecule has 7 heteroatoms. The van der Waals surface area contributed by atoms with Gasteiger partial charge < -0.3 is 5.32 Å². The van der Waals surface area contributed by atoms with Crippen molar-refractivity contribution in [3.05, 3.63) is 33.5 Å². The lowest BCUT2D eigenvalue weighted by Crippen LogP contribution is -2.17. The van der Waals surface area contributed by atoms with Gasteiger partial charge in [0.1, 0.15) is 5.69 Å². The van der Waals surface area contributed by atoms with Gasteiger partial charge in [-0.05, 0) is 13.8 Å². The van der Waals surface area contributed by atoms with E-state index in [-0.39, 0.29) is 5.56 Å². The Hall–Kier alpha value is -2.18. The normalized spacial score (nSPS) is 10.5. The molecule has 2 aromatic rings. The van der Waals surface area contributed by atoms with Gasteiger partial charge in [0.2, 0.25) is 5.95 Å². The van der Waals surface area contributed by atoms with Crippen molar-refractivity contribution in [2.24, 2.45) is 7.05 Å². The van der Waals surface area contributed by atoms with E-state index in [9.17, 15) is 4.79 Å². The second-order valence-electron chi connectivity index (χ2n) is 3.82. The highest BCUT2D eigenvalue weighted by Gasteiger charge is 2.04. The van der Waals surface area contributed by atoms with Crippen molar-refractivity contribution >= 4 is 5.95 Å². The molecule has 0 saturated heterocycles. The number of hydrogen-bond acceptors (Lipinski definition) is 5. The molecule has 0 aliphatic heterocycles. The zero-order valence-electron chi connectivity index (χ0n) is 9.98. The second kappa shape index (κ2) is 4.36. The molecular weight excluding hydrogens is 220 g/mol. The zero-order valence-corrected chi connectivity index (χ0v) is 9.98. The first-order valence-corrected chi connectivity index (χ1v) is 5.23. The first-order valence-electron chi connectivity index (χ1n) is 5.23. The second-order valence-corrected chi connectivity index (χ2v) is 3.82. The molecule has 7 nitrogen and oxygen atoms in total. The molecule has 0 aliphatic carbocycles. The number of aromatic nitrogens is 5. The summed E-state index contributed by atoms with van der Waals surface area (Å²) < 4.78 is 1.79. The number of nitrogens with one attached hydrogen (secondary N) is 2. The lowest BCUT2D eigenvalue weighted by molar-refractivity contribution is 0.738. The maximum atomic E-state index is 11.3. The molecular formula is C10H14N6O. The number of aryl methyl sites for hydroxylation is 2. The van der Waals surface area contributed by atoms with E-state index in [1.54, 1.807) is 17.8 Å². The summed E-state index contributed by atoms with van der Waals surface area (Å²) in [5.74, 6) is 0.365. The summed E-state index contributed by atoms with van der Waals surface area (Å²) in [4.78, 5) is 13.9. The van der Waals surface area contributed by atoms with Crippen LogP contribution in [-0.2, 0) is 13.6 Å². The van der Waals surface area contributed by atoms with Crippen molar-refractivity contribution in [1.82, 2.24) is 25.0 Å². The number of rotatable bonds is 3. The standard InChI is InChI=1S/C10H14N6O/c1-6-9(17)13-10(15-14-6)11-4-8-5-12-16(3)7(8)2/h5H,4H2,1-3H3,(H2,11,13,15,17). The van der Waals surface area contributed by atoms with Crippen molar-refractivity contribution < 1.29 is 0 Å². The van der Waals surface area contributed by atoms with Gasteiger partial charge in [-0.15, -0.1) is 10.2 Å². The fourth-order valence-corrected chi connectivity index (χ4v) is 1.37. The average molecular weight is 234 g/mol. The Morgan fingerprint density at radius 1 is 1.41 bits per heavy atom. The highest BCUT2D eigenvalue weighted by Crippen LogP contribution is 2.06. The monoisotopic (exact) mass is 234 g/mol. The topological polar surface area (TPSA) is 88.5 Å². The van der Waals surface area contributed by atoms with Gasteiger partial charge in [0.25, 0.3) is 5.56 Å². The van der Waals surface area contributed by atoms with Crippen LogP contribution >= 0.6 is 0 Å². The predicted molar refractivity (Wildman–Crippen MR) is 62.7 cm³/mol. The van der Waals surface area contributed by atoms with E-state index in [4.69, 9.17) is 0 Å². The molecule has 0 aliphatic rings. The van der Waals surface area contributed by atoms with E-state index in [1.807, 2.05) is 14.0 Å². The highest BCUT2D eigenvalue weighted by molar-refractivity contribution is 5.26. The van der Waals surface area contributed by atoms with Gasteiger partial charge in [-0.3, -0.25) is 14.5 Å². The van der Waals surface area contributed by atoms with Crippen LogP contribution in [0.4, 0.5) is 5.95 Å². The molecule has 0 unspecified atom stereocenters. The Morgan fingerprint density at radius 2 is 2.18 bits per heavy atom. The van der Waals surface area contributed by atoms with Gasteiger partial charge in [0, 0.05) is 24.8 Å². The third-order valence-corrected chi connectivity index (χ3v) is 2.64. The first kappa shape index (κ1) is 11.3. The van der Waals surface area contributed by atoms with Gasteiger partial charge in [0.05, 0.1) is 6.20 Å². The molecule has 0 bridgehead atoms. The summed E-state index contributed by atoms with van der Waals surface area (Å²) in [6.45, 7) is 4.14. The predicted octanol–water partition coefficient (Wildman–Crippen LogP) is 0.127. The number of anilines is 1. The molecule has 0 aromatic carbocycles. The molecule has 0 fully saturated rings. The number of hydrogen-bond donors (Lipinski definition) is 2. The van der Waals surface area contributed by atoms with Gasteiger partial charge in [-0.25, -0.2) is 0 Å².